The Hall–Kier alpha value is -2.22. The van der Waals surface area contributed by atoms with Crippen LogP contribution in [0.25, 0.3) is 0 Å². The molecule has 0 saturated carbocycles. The fourth-order valence-corrected chi connectivity index (χ4v) is 3.59. The molecular weight excluding hydrogens is 308 g/mol. The van der Waals surface area contributed by atoms with Crippen molar-refractivity contribution in [1.82, 2.24) is 0 Å². The third-order valence-corrected chi connectivity index (χ3v) is 5.61. The first-order valence-electron chi connectivity index (χ1n) is 8.77. The van der Waals surface area contributed by atoms with Crippen LogP contribution in [-0.2, 0) is 0 Å². The fourth-order valence-electron chi connectivity index (χ4n) is 3.59. The molecule has 0 bridgehead atoms. The molecule has 0 aliphatic heterocycles. The van der Waals surface area contributed by atoms with Gasteiger partial charge in [0.1, 0.15) is 0 Å². The number of Topliss-reactive ketones (excluding diaryl/α,β-unsaturated/α-hetero) is 2. The van der Waals surface area contributed by atoms with E-state index in [-0.39, 0.29) is 18.0 Å². The Morgan fingerprint density at radius 2 is 0.800 bits per heavy atom. The van der Waals surface area contributed by atoms with Crippen LogP contribution in [0.3, 0.4) is 0 Å². The molecule has 0 heterocycles. The Morgan fingerprint density at radius 3 is 1.04 bits per heavy atom. The molecular formula is C23H28O2. The minimum absolute atomic E-state index is 0.0743. The SMILES string of the molecule is Cc1cc(C)c(C)c(C(=O)CC(=O)c2c(C)c(C)cc(C)c2C)c1C. The second-order valence-electron chi connectivity index (χ2n) is 7.29. The molecule has 0 amide bonds. The van der Waals surface area contributed by atoms with Gasteiger partial charge in [0.05, 0.1) is 6.42 Å². The number of carbonyl (C=O) groups excluding carboxylic acids is 2. The highest BCUT2D eigenvalue weighted by molar-refractivity contribution is 6.15. The Bertz CT molecular complexity index is 760. The maximum atomic E-state index is 12.9. The van der Waals surface area contributed by atoms with Gasteiger partial charge in [-0.3, -0.25) is 9.59 Å². The quantitative estimate of drug-likeness (QED) is 0.537. The Kier molecular flexibility index (Phi) is 5.31. The van der Waals surface area contributed by atoms with Crippen LogP contribution in [0.1, 0.15) is 71.6 Å². The smallest absolute Gasteiger partial charge is 0.171 e. The van der Waals surface area contributed by atoms with Gasteiger partial charge in [0.15, 0.2) is 11.6 Å². The van der Waals surface area contributed by atoms with Gasteiger partial charge in [-0.25, -0.2) is 0 Å². The average Bonchev–Trinajstić information content (AvgIpc) is 2.51. The van der Waals surface area contributed by atoms with E-state index < -0.39 is 0 Å². The van der Waals surface area contributed by atoms with Crippen molar-refractivity contribution < 1.29 is 9.59 Å². The lowest BCUT2D eigenvalue weighted by atomic mass is 9.87. The van der Waals surface area contributed by atoms with Gasteiger partial charge in [0.2, 0.25) is 0 Å². The predicted molar refractivity (Wildman–Crippen MR) is 104 cm³/mol. The van der Waals surface area contributed by atoms with Gasteiger partial charge in [0, 0.05) is 11.1 Å². The molecule has 0 aliphatic rings. The molecule has 0 fully saturated rings. The van der Waals surface area contributed by atoms with Crippen molar-refractivity contribution in [3.05, 3.63) is 67.8 Å². The van der Waals surface area contributed by atoms with E-state index >= 15 is 0 Å². The maximum Gasteiger partial charge on any atom is 0.171 e. The minimum Gasteiger partial charge on any atom is -0.294 e. The molecule has 2 heteroatoms. The molecule has 25 heavy (non-hydrogen) atoms. The standard InChI is InChI=1S/C23H28O2/c1-12-9-13(2)17(6)22(16(12)5)20(24)11-21(25)23-18(7)14(3)10-15(4)19(23)8/h9-10H,11H2,1-8H3. The van der Waals surface area contributed by atoms with E-state index in [1.807, 2.05) is 55.4 Å². The maximum absolute atomic E-state index is 12.9. The summed E-state index contributed by atoms with van der Waals surface area (Å²) in [6.07, 6.45) is -0.0743. The van der Waals surface area contributed by atoms with Crippen molar-refractivity contribution >= 4 is 11.6 Å². The van der Waals surface area contributed by atoms with Gasteiger partial charge in [0.25, 0.3) is 0 Å². The van der Waals surface area contributed by atoms with E-state index in [2.05, 4.69) is 12.1 Å². The van der Waals surface area contributed by atoms with Crippen molar-refractivity contribution in [3.8, 4) is 0 Å². The molecule has 0 atom stereocenters. The fraction of sp³-hybridized carbons (Fsp3) is 0.391. The van der Waals surface area contributed by atoms with Crippen LogP contribution in [0.5, 0.6) is 0 Å². The molecule has 2 aromatic rings. The third kappa shape index (κ3) is 3.44. The molecule has 0 saturated heterocycles. The first-order chi connectivity index (χ1) is 11.6. The summed E-state index contributed by atoms with van der Waals surface area (Å²) in [6.45, 7) is 15.9. The molecule has 0 spiro atoms. The average molecular weight is 336 g/mol. The molecule has 132 valence electrons. The summed E-state index contributed by atoms with van der Waals surface area (Å²) in [7, 11) is 0. The summed E-state index contributed by atoms with van der Waals surface area (Å²) in [4.78, 5) is 25.9. The topological polar surface area (TPSA) is 34.1 Å². The van der Waals surface area contributed by atoms with Gasteiger partial charge >= 0.3 is 0 Å². The van der Waals surface area contributed by atoms with Gasteiger partial charge in [-0.15, -0.1) is 0 Å². The summed E-state index contributed by atoms with van der Waals surface area (Å²) < 4.78 is 0. The summed E-state index contributed by atoms with van der Waals surface area (Å²) in [5.74, 6) is -0.158. The number of carbonyl (C=O) groups is 2. The van der Waals surface area contributed by atoms with E-state index in [0.717, 1.165) is 44.5 Å². The van der Waals surface area contributed by atoms with Gasteiger partial charge < -0.3 is 0 Å². The molecule has 0 radical (unpaired) electrons. The highest BCUT2D eigenvalue weighted by Gasteiger charge is 2.22. The lowest BCUT2D eigenvalue weighted by molar-refractivity contribution is 0.0893. The van der Waals surface area contributed by atoms with E-state index in [4.69, 9.17) is 0 Å². The van der Waals surface area contributed by atoms with Crippen molar-refractivity contribution in [1.29, 1.82) is 0 Å². The van der Waals surface area contributed by atoms with E-state index in [9.17, 15) is 9.59 Å². The molecule has 0 unspecified atom stereocenters. The Labute approximate surface area is 151 Å². The summed E-state index contributed by atoms with van der Waals surface area (Å²) >= 11 is 0. The van der Waals surface area contributed by atoms with Crippen LogP contribution in [0.2, 0.25) is 0 Å². The number of rotatable bonds is 4. The zero-order valence-electron chi connectivity index (χ0n) is 16.7. The molecule has 2 aromatic carbocycles. The monoisotopic (exact) mass is 336 g/mol. The van der Waals surface area contributed by atoms with Gasteiger partial charge in [-0.2, -0.15) is 0 Å². The Morgan fingerprint density at radius 1 is 0.560 bits per heavy atom. The summed E-state index contributed by atoms with van der Waals surface area (Å²) in [5.41, 5.74) is 9.73. The van der Waals surface area contributed by atoms with E-state index in [1.165, 1.54) is 0 Å². The largest absolute Gasteiger partial charge is 0.294 e. The van der Waals surface area contributed by atoms with Crippen molar-refractivity contribution in [3.63, 3.8) is 0 Å². The zero-order valence-corrected chi connectivity index (χ0v) is 16.7. The first-order valence-corrected chi connectivity index (χ1v) is 8.77. The van der Waals surface area contributed by atoms with Gasteiger partial charge in [-0.05, 0) is 99.9 Å². The lowest BCUT2D eigenvalue weighted by Crippen LogP contribution is -2.15. The normalized spacial score (nSPS) is 10.9. The van der Waals surface area contributed by atoms with Crippen LogP contribution in [0, 0.1) is 55.4 Å². The number of aryl methyl sites for hydroxylation is 4. The molecule has 0 aliphatic carbocycles. The van der Waals surface area contributed by atoms with Crippen molar-refractivity contribution in [2.75, 3.05) is 0 Å². The molecule has 2 rings (SSSR count). The molecule has 0 N–H and O–H groups in total. The number of hydrogen-bond donors (Lipinski definition) is 0. The van der Waals surface area contributed by atoms with Gasteiger partial charge in [-0.1, -0.05) is 12.1 Å². The van der Waals surface area contributed by atoms with Crippen LogP contribution in [0.4, 0.5) is 0 Å². The summed E-state index contributed by atoms with van der Waals surface area (Å²) in [5, 5.41) is 0. The predicted octanol–water partition coefficient (Wildman–Crippen LogP) is 5.61. The number of benzene rings is 2. The van der Waals surface area contributed by atoms with E-state index in [1.54, 1.807) is 0 Å². The number of ketones is 2. The van der Waals surface area contributed by atoms with Crippen molar-refractivity contribution in [2.45, 2.75) is 61.8 Å². The van der Waals surface area contributed by atoms with Crippen LogP contribution < -0.4 is 0 Å². The number of hydrogen-bond acceptors (Lipinski definition) is 2. The highest BCUT2D eigenvalue weighted by Crippen LogP contribution is 2.26. The Balaban J connectivity index is 2.46. The second kappa shape index (κ2) is 6.95. The zero-order chi connectivity index (χ0) is 19.0. The van der Waals surface area contributed by atoms with Crippen LogP contribution in [0.15, 0.2) is 12.1 Å². The third-order valence-electron chi connectivity index (χ3n) is 5.61. The highest BCUT2D eigenvalue weighted by atomic mass is 16.1. The molecule has 2 nitrogen and oxygen atoms in total. The summed E-state index contributed by atoms with van der Waals surface area (Å²) in [6, 6.07) is 4.20. The molecule has 0 aromatic heterocycles. The second-order valence-corrected chi connectivity index (χ2v) is 7.29. The van der Waals surface area contributed by atoms with Crippen molar-refractivity contribution in [2.24, 2.45) is 0 Å². The van der Waals surface area contributed by atoms with Crippen LogP contribution >= 0.6 is 0 Å². The lowest BCUT2D eigenvalue weighted by Gasteiger charge is -2.16. The minimum atomic E-state index is -0.0789. The first kappa shape index (κ1) is 19.1. The van der Waals surface area contributed by atoms with E-state index in [0.29, 0.717) is 11.1 Å². The van der Waals surface area contributed by atoms with Crippen LogP contribution in [-0.4, -0.2) is 11.6 Å².